The highest BCUT2D eigenvalue weighted by Crippen LogP contribution is 2.43. The summed E-state index contributed by atoms with van der Waals surface area (Å²) in [5.74, 6) is -0.0645. The summed E-state index contributed by atoms with van der Waals surface area (Å²) in [6.07, 6.45) is 9.99. The summed E-state index contributed by atoms with van der Waals surface area (Å²) >= 11 is 0. The van der Waals surface area contributed by atoms with Crippen molar-refractivity contribution in [3.05, 3.63) is 29.6 Å². The molecule has 3 fully saturated rings. The minimum Gasteiger partial charge on any atom is -0.368 e. The van der Waals surface area contributed by atoms with Crippen molar-refractivity contribution < 1.29 is 9.18 Å². The number of nitriles is 1. The van der Waals surface area contributed by atoms with Gasteiger partial charge < -0.3 is 9.80 Å². The van der Waals surface area contributed by atoms with E-state index in [1.54, 1.807) is 12.1 Å². The first-order valence-corrected chi connectivity index (χ1v) is 10.4. The van der Waals surface area contributed by atoms with Crippen LogP contribution in [0.15, 0.2) is 18.2 Å². The van der Waals surface area contributed by atoms with Crippen molar-refractivity contribution in [2.24, 2.45) is 5.41 Å². The number of rotatable bonds is 2. The van der Waals surface area contributed by atoms with Crippen LogP contribution in [0.3, 0.4) is 0 Å². The van der Waals surface area contributed by atoms with Crippen molar-refractivity contribution in [2.45, 2.75) is 63.8 Å². The zero-order valence-corrected chi connectivity index (χ0v) is 15.9. The molecule has 1 aromatic rings. The van der Waals surface area contributed by atoms with Gasteiger partial charge in [-0.15, -0.1) is 0 Å². The normalized spacial score (nSPS) is 27.0. The monoisotopic (exact) mass is 369 g/mol. The number of benzene rings is 1. The van der Waals surface area contributed by atoms with Crippen molar-refractivity contribution in [3.8, 4) is 6.07 Å². The second-order valence-electron chi connectivity index (χ2n) is 8.48. The Morgan fingerprint density at radius 3 is 2.56 bits per heavy atom. The Balaban J connectivity index is 1.52. The molecule has 27 heavy (non-hydrogen) atoms. The molecule has 1 amide bonds. The molecule has 1 spiro atoms. The van der Waals surface area contributed by atoms with E-state index in [4.69, 9.17) is 5.26 Å². The summed E-state index contributed by atoms with van der Waals surface area (Å²) in [6.45, 7) is 2.21. The Morgan fingerprint density at radius 2 is 1.85 bits per heavy atom. The number of nitrogens with zero attached hydrogens (tertiary/aromatic N) is 3. The SMILES string of the molecule is N#Cc1ccc(N2CCCC3(CCN(C4CCCCCC4)C3=O)C2)c(F)c1. The molecule has 0 N–H and O–H groups in total. The zero-order valence-electron chi connectivity index (χ0n) is 15.9. The maximum absolute atomic E-state index is 14.5. The number of halogens is 1. The standard InChI is InChI=1S/C22H28FN3O/c23-19-14-17(15-24)8-9-20(19)25-12-5-10-22(16-25)11-13-26(21(22)27)18-6-3-1-2-4-7-18/h8-9,14,18H,1-7,10-13,16H2. The van der Waals surface area contributed by atoms with E-state index >= 15 is 0 Å². The number of piperidine rings is 1. The molecule has 4 rings (SSSR count). The highest BCUT2D eigenvalue weighted by molar-refractivity contribution is 5.86. The fourth-order valence-electron chi connectivity index (χ4n) is 5.31. The average molecular weight is 369 g/mol. The molecule has 3 aliphatic rings. The Morgan fingerprint density at radius 1 is 1.07 bits per heavy atom. The van der Waals surface area contributed by atoms with Gasteiger partial charge in [-0.25, -0.2) is 4.39 Å². The maximum atomic E-state index is 14.5. The smallest absolute Gasteiger partial charge is 0.230 e. The van der Waals surface area contributed by atoms with Crippen molar-refractivity contribution in [1.82, 2.24) is 4.90 Å². The van der Waals surface area contributed by atoms with Crippen molar-refractivity contribution >= 4 is 11.6 Å². The van der Waals surface area contributed by atoms with Crippen LogP contribution < -0.4 is 4.90 Å². The first kappa shape index (κ1) is 18.3. The fourth-order valence-corrected chi connectivity index (χ4v) is 5.31. The van der Waals surface area contributed by atoms with Gasteiger partial charge in [0.2, 0.25) is 5.91 Å². The molecular formula is C22H28FN3O. The van der Waals surface area contributed by atoms with Crippen LogP contribution in [0, 0.1) is 22.6 Å². The number of hydrogen-bond donors (Lipinski definition) is 0. The highest BCUT2D eigenvalue weighted by atomic mass is 19.1. The summed E-state index contributed by atoms with van der Waals surface area (Å²) in [7, 11) is 0. The van der Waals surface area contributed by atoms with Gasteiger partial charge in [0.25, 0.3) is 0 Å². The zero-order chi connectivity index (χ0) is 18.9. The average Bonchev–Trinajstić information content (AvgIpc) is 2.87. The molecule has 144 valence electrons. The quantitative estimate of drug-likeness (QED) is 0.733. The van der Waals surface area contributed by atoms with E-state index in [9.17, 15) is 9.18 Å². The molecular weight excluding hydrogens is 341 g/mol. The second kappa shape index (κ2) is 7.50. The summed E-state index contributed by atoms with van der Waals surface area (Å²) in [4.78, 5) is 17.6. The van der Waals surface area contributed by atoms with E-state index in [1.807, 2.05) is 11.0 Å². The predicted molar refractivity (Wildman–Crippen MR) is 103 cm³/mol. The van der Waals surface area contributed by atoms with E-state index < -0.39 is 0 Å². The minimum atomic E-state index is -0.364. The molecule has 1 saturated carbocycles. The number of carbonyl (C=O) groups is 1. The van der Waals surface area contributed by atoms with Gasteiger partial charge in [0, 0.05) is 25.7 Å². The Hall–Kier alpha value is -2.09. The van der Waals surface area contributed by atoms with E-state index in [0.717, 1.165) is 45.2 Å². The van der Waals surface area contributed by atoms with Crippen LogP contribution in [-0.4, -0.2) is 36.5 Å². The lowest BCUT2D eigenvalue weighted by Gasteiger charge is -2.41. The molecule has 1 atom stereocenters. The van der Waals surface area contributed by atoms with Crippen LogP contribution in [0.5, 0.6) is 0 Å². The third-order valence-electron chi connectivity index (χ3n) is 6.81. The van der Waals surface area contributed by atoms with Gasteiger partial charge in [-0.05, 0) is 50.3 Å². The predicted octanol–water partition coefficient (Wildman–Crippen LogP) is 4.24. The minimum absolute atomic E-state index is 0.299. The van der Waals surface area contributed by atoms with Crippen LogP contribution in [0.25, 0.3) is 0 Å². The third-order valence-corrected chi connectivity index (χ3v) is 6.81. The van der Waals surface area contributed by atoms with Crippen LogP contribution in [0.4, 0.5) is 10.1 Å². The van der Waals surface area contributed by atoms with Crippen LogP contribution in [0.1, 0.15) is 63.4 Å². The van der Waals surface area contributed by atoms with Crippen LogP contribution >= 0.6 is 0 Å². The molecule has 0 bridgehead atoms. The second-order valence-corrected chi connectivity index (χ2v) is 8.48. The molecule has 0 radical (unpaired) electrons. The maximum Gasteiger partial charge on any atom is 0.230 e. The lowest BCUT2D eigenvalue weighted by atomic mass is 9.78. The lowest BCUT2D eigenvalue weighted by molar-refractivity contribution is -0.138. The van der Waals surface area contributed by atoms with Gasteiger partial charge in [-0.1, -0.05) is 25.7 Å². The topological polar surface area (TPSA) is 47.3 Å². The van der Waals surface area contributed by atoms with Gasteiger partial charge in [0.15, 0.2) is 0 Å². The summed E-state index contributed by atoms with van der Waals surface area (Å²) in [5, 5.41) is 8.96. The first-order chi connectivity index (χ1) is 13.1. The Kier molecular flexibility index (Phi) is 5.08. The molecule has 1 aliphatic carbocycles. The van der Waals surface area contributed by atoms with Gasteiger partial charge >= 0.3 is 0 Å². The van der Waals surface area contributed by atoms with Gasteiger partial charge in [-0.2, -0.15) is 5.26 Å². The first-order valence-electron chi connectivity index (χ1n) is 10.4. The molecule has 0 aromatic heterocycles. The van der Waals surface area contributed by atoms with Crippen molar-refractivity contribution in [1.29, 1.82) is 5.26 Å². The van der Waals surface area contributed by atoms with E-state index in [0.29, 0.717) is 29.7 Å². The highest BCUT2D eigenvalue weighted by Gasteiger charge is 2.50. The summed E-state index contributed by atoms with van der Waals surface area (Å²) in [6, 6.07) is 7.03. The lowest BCUT2D eigenvalue weighted by Crippen LogP contribution is -2.49. The molecule has 4 nitrogen and oxygen atoms in total. The summed E-state index contributed by atoms with van der Waals surface area (Å²) in [5.41, 5.74) is 0.499. The van der Waals surface area contributed by atoms with E-state index in [2.05, 4.69) is 4.90 Å². The van der Waals surface area contributed by atoms with Gasteiger partial charge in [-0.3, -0.25) is 4.79 Å². The third kappa shape index (κ3) is 3.42. The van der Waals surface area contributed by atoms with E-state index in [-0.39, 0.29) is 11.2 Å². The van der Waals surface area contributed by atoms with Crippen molar-refractivity contribution in [3.63, 3.8) is 0 Å². The number of carbonyl (C=O) groups excluding carboxylic acids is 1. The largest absolute Gasteiger partial charge is 0.368 e. The van der Waals surface area contributed by atoms with E-state index in [1.165, 1.54) is 31.7 Å². The molecule has 1 unspecified atom stereocenters. The number of hydrogen-bond acceptors (Lipinski definition) is 3. The fraction of sp³-hybridized carbons (Fsp3) is 0.636. The number of amides is 1. The summed E-state index contributed by atoms with van der Waals surface area (Å²) < 4.78 is 14.5. The van der Waals surface area contributed by atoms with Crippen molar-refractivity contribution in [2.75, 3.05) is 24.5 Å². The molecule has 2 aliphatic heterocycles. The molecule has 2 heterocycles. The van der Waals surface area contributed by atoms with Gasteiger partial charge in [0.05, 0.1) is 22.7 Å². The van der Waals surface area contributed by atoms with Crippen LogP contribution in [0.2, 0.25) is 0 Å². The Labute approximate surface area is 160 Å². The molecule has 2 saturated heterocycles. The molecule has 5 heteroatoms. The van der Waals surface area contributed by atoms with Gasteiger partial charge in [0.1, 0.15) is 5.82 Å². The number of likely N-dealkylation sites (tertiary alicyclic amines) is 1. The van der Waals surface area contributed by atoms with Crippen LogP contribution in [-0.2, 0) is 4.79 Å². The Bertz CT molecular complexity index is 750. The number of anilines is 1. The molecule has 1 aromatic carbocycles.